The maximum Gasteiger partial charge on any atom is 0.264 e. The lowest BCUT2D eigenvalue weighted by Gasteiger charge is -2.21. The fraction of sp³-hybridized carbons (Fsp3) is 0.643. The van der Waals surface area contributed by atoms with Crippen molar-refractivity contribution in [1.82, 2.24) is 15.3 Å². The van der Waals surface area contributed by atoms with Gasteiger partial charge in [0, 0.05) is 12.5 Å². The zero-order valence-corrected chi connectivity index (χ0v) is 12.1. The largest absolute Gasteiger partial charge is 0.388 e. The summed E-state index contributed by atoms with van der Waals surface area (Å²) in [7, 11) is 0. The summed E-state index contributed by atoms with van der Waals surface area (Å²) in [5.74, 6) is 0.510. The Balaban J connectivity index is 2.16. The molecule has 6 nitrogen and oxygen atoms in total. The monoisotopic (exact) mass is 279 g/mol. The molecule has 0 aromatic carbocycles. The average Bonchev–Trinajstić information content (AvgIpc) is 3.20. The van der Waals surface area contributed by atoms with E-state index in [0.717, 1.165) is 12.8 Å². The van der Waals surface area contributed by atoms with Gasteiger partial charge in [-0.1, -0.05) is 6.92 Å². The van der Waals surface area contributed by atoms with Crippen LogP contribution < -0.4 is 10.9 Å². The van der Waals surface area contributed by atoms with Gasteiger partial charge in [0.2, 0.25) is 0 Å². The van der Waals surface area contributed by atoms with Gasteiger partial charge in [-0.3, -0.25) is 9.59 Å². The third-order valence-corrected chi connectivity index (χ3v) is 3.70. The number of amides is 1. The molecule has 20 heavy (non-hydrogen) atoms. The molecular weight excluding hydrogens is 258 g/mol. The first kappa shape index (κ1) is 14.7. The number of hydrogen-bond donors (Lipinski definition) is 3. The molecule has 1 atom stereocenters. The van der Waals surface area contributed by atoms with Gasteiger partial charge in [-0.2, -0.15) is 0 Å². The molecule has 0 bridgehead atoms. The third-order valence-electron chi connectivity index (χ3n) is 3.70. The van der Waals surface area contributed by atoms with E-state index in [-0.39, 0.29) is 12.1 Å². The van der Waals surface area contributed by atoms with Crippen LogP contribution in [0, 0.1) is 6.92 Å². The van der Waals surface area contributed by atoms with Crippen molar-refractivity contribution in [1.29, 1.82) is 0 Å². The Morgan fingerprint density at radius 3 is 2.70 bits per heavy atom. The molecule has 1 heterocycles. The number of aromatic nitrogens is 2. The molecule has 0 spiro atoms. The van der Waals surface area contributed by atoms with Crippen LogP contribution in [0.5, 0.6) is 0 Å². The minimum Gasteiger partial charge on any atom is -0.388 e. The van der Waals surface area contributed by atoms with Gasteiger partial charge in [-0.15, -0.1) is 0 Å². The molecule has 1 unspecified atom stereocenters. The third kappa shape index (κ3) is 3.25. The number of carbonyl (C=O) groups is 1. The first-order chi connectivity index (χ1) is 9.34. The predicted octanol–water partition coefficient (Wildman–Crippen LogP) is 0.847. The molecule has 0 aliphatic heterocycles. The number of rotatable bonds is 5. The molecule has 0 saturated heterocycles. The van der Waals surface area contributed by atoms with E-state index in [2.05, 4.69) is 15.3 Å². The van der Waals surface area contributed by atoms with Crippen molar-refractivity contribution in [3.8, 4) is 0 Å². The number of aryl methyl sites for hydroxylation is 1. The van der Waals surface area contributed by atoms with Gasteiger partial charge in [0.25, 0.3) is 11.5 Å². The van der Waals surface area contributed by atoms with E-state index in [1.807, 2.05) is 6.92 Å². The van der Waals surface area contributed by atoms with E-state index >= 15 is 0 Å². The summed E-state index contributed by atoms with van der Waals surface area (Å²) in [6.45, 7) is 5.23. The summed E-state index contributed by atoms with van der Waals surface area (Å²) in [4.78, 5) is 31.1. The quantitative estimate of drug-likeness (QED) is 0.744. The minimum absolute atomic E-state index is 0.0290. The smallest absolute Gasteiger partial charge is 0.264 e. The van der Waals surface area contributed by atoms with Crippen molar-refractivity contribution in [2.24, 2.45) is 0 Å². The van der Waals surface area contributed by atoms with Crippen molar-refractivity contribution in [2.75, 3.05) is 6.54 Å². The second-order valence-electron chi connectivity index (χ2n) is 5.72. The molecule has 1 amide bonds. The summed E-state index contributed by atoms with van der Waals surface area (Å²) in [5, 5.41) is 12.5. The summed E-state index contributed by atoms with van der Waals surface area (Å²) in [6.07, 6.45) is 2.59. The topological polar surface area (TPSA) is 95.1 Å². The highest BCUT2D eigenvalue weighted by Crippen LogP contribution is 2.37. The first-order valence-corrected chi connectivity index (χ1v) is 6.95. The molecule has 0 radical (unpaired) electrons. The highest BCUT2D eigenvalue weighted by atomic mass is 16.3. The Morgan fingerprint density at radius 1 is 1.55 bits per heavy atom. The van der Waals surface area contributed by atoms with Crippen LogP contribution in [-0.2, 0) is 0 Å². The van der Waals surface area contributed by atoms with E-state index in [1.165, 1.54) is 0 Å². The first-order valence-electron chi connectivity index (χ1n) is 6.95. The Morgan fingerprint density at radius 2 is 2.20 bits per heavy atom. The van der Waals surface area contributed by atoms with Crippen molar-refractivity contribution in [3.63, 3.8) is 0 Å². The Labute approximate surface area is 117 Å². The second kappa shape index (κ2) is 5.36. The molecule has 3 N–H and O–H groups in total. The maximum atomic E-state index is 12.1. The van der Waals surface area contributed by atoms with E-state index in [1.54, 1.807) is 13.8 Å². The highest BCUT2D eigenvalue weighted by Gasteiger charge is 2.28. The van der Waals surface area contributed by atoms with Crippen molar-refractivity contribution in [2.45, 2.75) is 51.6 Å². The van der Waals surface area contributed by atoms with E-state index in [4.69, 9.17) is 0 Å². The normalized spacial score (nSPS) is 17.6. The average molecular weight is 279 g/mol. The minimum atomic E-state index is -0.974. The zero-order valence-electron chi connectivity index (χ0n) is 12.1. The van der Waals surface area contributed by atoms with E-state index in [0.29, 0.717) is 23.9 Å². The molecule has 2 rings (SSSR count). The fourth-order valence-electron chi connectivity index (χ4n) is 1.91. The van der Waals surface area contributed by atoms with Crippen LogP contribution in [0.3, 0.4) is 0 Å². The van der Waals surface area contributed by atoms with Crippen LogP contribution in [0.4, 0.5) is 0 Å². The SMILES string of the molecule is CCC(C)(O)CNC(=O)c1c(C)nc(C2CC2)[nH]c1=O. The second-order valence-corrected chi connectivity index (χ2v) is 5.72. The van der Waals surface area contributed by atoms with Crippen LogP contribution >= 0.6 is 0 Å². The summed E-state index contributed by atoms with van der Waals surface area (Å²) < 4.78 is 0. The Bertz CT molecular complexity index is 574. The standard InChI is InChI=1S/C14H21N3O3/c1-4-14(3,20)7-15-12(18)10-8(2)16-11(9-5-6-9)17-13(10)19/h9,20H,4-7H2,1-3H3,(H,15,18)(H,16,17,19). The molecule has 1 aliphatic rings. The molecule has 1 saturated carbocycles. The number of hydrogen-bond acceptors (Lipinski definition) is 4. The summed E-state index contributed by atoms with van der Waals surface area (Å²) >= 11 is 0. The summed E-state index contributed by atoms with van der Waals surface area (Å²) in [6, 6.07) is 0. The van der Waals surface area contributed by atoms with Crippen LogP contribution in [0.15, 0.2) is 4.79 Å². The zero-order chi connectivity index (χ0) is 14.9. The van der Waals surface area contributed by atoms with Crippen LogP contribution in [0.1, 0.15) is 60.9 Å². The van der Waals surface area contributed by atoms with Crippen molar-refractivity contribution < 1.29 is 9.90 Å². The number of nitrogens with zero attached hydrogens (tertiary/aromatic N) is 1. The fourth-order valence-corrected chi connectivity index (χ4v) is 1.91. The van der Waals surface area contributed by atoms with E-state index in [9.17, 15) is 14.7 Å². The number of aromatic amines is 1. The number of nitrogens with one attached hydrogen (secondary N) is 2. The van der Waals surface area contributed by atoms with Gasteiger partial charge in [-0.25, -0.2) is 4.98 Å². The van der Waals surface area contributed by atoms with Gasteiger partial charge in [0.05, 0.1) is 11.3 Å². The van der Waals surface area contributed by atoms with Crippen LogP contribution in [0.2, 0.25) is 0 Å². The molecule has 110 valence electrons. The highest BCUT2D eigenvalue weighted by molar-refractivity contribution is 5.94. The van der Waals surface area contributed by atoms with Gasteiger partial charge >= 0.3 is 0 Å². The molecule has 1 fully saturated rings. The lowest BCUT2D eigenvalue weighted by atomic mass is 10.0. The number of carbonyl (C=O) groups excluding carboxylic acids is 1. The predicted molar refractivity (Wildman–Crippen MR) is 74.8 cm³/mol. The Hall–Kier alpha value is -1.69. The molecule has 1 aromatic rings. The van der Waals surface area contributed by atoms with Gasteiger partial charge in [-0.05, 0) is 33.1 Å². The Kier molecular flexibility index (Phi) is 3.94. The lowest BCUT2D eigenvalue weighted by Crippen LogP contribution is -2.42. The van der Waals surface area contributed by atoms with Gasteiger partial charge < -0.3 is 15.4 Å². The maximum absolute atomic E-state index is 12.1. The number of aliphatic hydroxyl groups is 1. The van der Waals surface area contributed by atoms with Gasteiger partial charge in [0.1, 0.15) is 11.4 Å². The molecule has 1 aliphatic carbocycles. The van der Waals surface area contributed by atoms with E-state index < -0.39 is 17.1 Å². The van der Waals surface area contributed by atoms with Gasteiger partial charge in [0.15, 0.2) is 0 Å². The molecule has 1 aromatic heterocycles. The number of H-pyrrole nitrogens is 1. The van der Waals surface area contributed by atoms with Crippen LogP contribution in [0.25, 0.3) is 0 Å². The van der Waals surface area contributed by atoms with Crippen molar-refractivity contribution in [3.05, 3.63) is 27.4 Å². The molecular formula is C14H21N3O3. The molecule has 6 heteroatoms. The van der Waals surface area contributed by atoms with Crippen molar-refractivity contribution >= 4 is 5.91 Å². The summed E-state index contributed by atoms with van der Waals surface area (Å²) in [5.41, 5.74) is -0.920. The van der Waals surface area contributed by atoms with Crippen LogP contribution in [-0.4, -0.2) is 33.1 Å². The lowest BCUT2D eigenvalue weighted by molar-refractivity contribution is 0.0517.